The summed E-state index contributed by atoms with van der Waals surface area (Å²) in [5.74, 6) is -0.240. The monoisotopic (exact) mass is 252 g/mol. The molecule has 1 aromatic carbocycles. The number of carbonyl (C=O) groups excluding carboxylic acids is 1. The maximum atomic E-state index is 13.2. The van der Waals surface area contributed by atoms with E-state index in [1.54, 1.807) is 6.07 Å². The predicted molar refractivity (Wildman–Crippen MR) is 67.2 cm³/mol. The molecular weight excluding hydrogens is 235 g/mol. The van der Waals surface area contributed by atoms with Crippen LogP contribution >= 0.6 is 0 Å². The number of ether oxygens (including phenoxy) is 1. The van der Waals surface area contributed by atoms with Crippen LogP contribution in [0.4, 0.5) is 14.9 Å². The number of carbonyl (C=O) groups is 1. The number of halogens is 1. The van der Waals surface area contributed by atoms with E-state index in [0.717, 1.165) is 25.1 Å². The van der Waals surface area contributed by atoms with Gasteiger partial charge in [-0.15, -0.1) is 0 Å². The zero-order valence-electron chi connectivity index (χ0n) is 10.4. The quantitative estimate of drug-likeness (QED) is 0.877. The zero-order chi connectivity index (χ0) is 13.0. The fourth-order valence-electron chi connectivity index (χ4n) is 2.23. The lowest BCUT2D eigenvalue weighted by molar-refractivity contribution is 0.165. The van der Waals surface area contributed by atoms with E-state index >= 15 is 0 Å². The number of piperidine rings is 1. The highest BCUT2D eigenvalue weighted by Crippen LogP contribution is 2.20. The summed E-state index contributed by atoms with van der Waals surface area (Å²) in [5.41, 5.74) is 0.853. The summed E-state index contributed by atoms with van der Waals surface area (Å²) in [7, 11) is 1.35. The minimum Gasteiger partial charge on any atom is -0.453 e. The van der Waals surface area contributed by atoms with Crippen LogP contribution in [0.1, 0.15) is 12.8 Å². The Hall–Kier alpha value is -1.78. The number of benzene rings is 1. The minimum atomic E-state index is -0.416. The topological polar surface area (TPSA) is 41.6 Å². The van der Waals surface area contributed by atoms with Gasteiger partial charge in [-0.2, -0.15) is 0 Å². The summed E-state index contributed by atoms with van der Waals surface area (Å²) in [4.78, 5) is 13.2. The van der Waals surface area contributed by atoms with Crippen LogP contribution < -0.4 is 10.2 Å². The average molecular weight is 252 g/mol. The molecular formula is C13H17FN2O2. The normalized spacial score (nSPS) is 19.4. The van der Waals surface area contributed by atoms with Gasteiger partial charge >= 0.3 is 6.09 Å². The van der Waals surface area contributed by atoms with E-state index in [2.05, 4.69) is 15.0 Å². The fraction of sp³-hybridized carbons (Fsp3) is 0.462. The van der Waals surface area contributed by atoms with Crippen LogP contribution in [0.5, 0.6) is 0 Å². The van der Waals surface area contributed by atoms with Crippen LogP contribution in [0.25, 0.3) is 0 Å². The Bertz CT molecular complexity index is 425. The second kappa shape index (κ2) is 5.71. The van der Waals surface area contributed by atoms with Gasteiger partial charge in [-0.25, -0.2) is 9.18 Å². The molecule has 2 rings (SSSR count). The molecule has 0 aliphatic carbocycles. The van der Waals surface area contributed by atoms with E-state index in [1.165, 1.54) is 19.2 Å². The van der Waals surface area contributed by atoms with Gasteiger partial charge in [0.25, 0.3) is 0 Å². The number of amides is 1. The minimum absolute atomic E-state index is 0.0504. The van der Waals surface area contributed by atoms with Crippen molar-refractivity contribution in [1.82, 2.24) is 5.32 Å². The van der Waals surface area contributed by atoms with E-state index in [0.29, 0.717) is 6.54 Å². The number of anilines is 1. The van der Waals surface area contributed by atoms with Gasteiger partial charge in [0.05, 0.1) is 7.11 Å². The molecule has 0 saturated carbocycles. The number of hydrogen-bond acceptors (Lipinski definition) is 3. The molecule has 4 nitrogen and oxygen atoms in total. The summed E-state index contributed by atoms with van der Waals surface area (Å²) < 4.78 is 17.8. The molecule has 0 radical (unpaired) electrons. The molecule has 1 aromatic rings. The fourth-order valence-corrected chi connectivity index (χ4v) is 2.23. The van der Waals surface area contributed by atoms with E-state index in [4.69, 9.17) is 0 Å². The lowest BCUT2D eigenvalue weighted by Gasteiger charge is -2.34. The third kappa shape index (κ3) is 3.12. The molecule has 1 aliphatic rings. The van der Waals surface area contributed by atoms with Gasteiger partial charge in [0.1, 0.15) is 5.82 Å². The molecule has 1 aliphatic heterocycles. The third-order valence-corrected chi connectivity index (χ3v) is 3.10. The Balaban J connectivity index is 2.00. The first-order chi connectivity index (χ1) is 8.69. The maximum absolute atomic E-state index is 13.2. The summed E-state index contributed by atoms with van der Waals surface area (Å²) in [6, 6.07) is 6.57. The Morgan fingerprint density at radius 3 is 3.11 bits per heavy atom. The highest BCUT2D eigenvalue weighted by atomic mass is 19.1. The van der Waals surface area contributed by atoms with E-state index in [-0.39, 0.29) is 11.9 Å². The van der Waals surface area contributed by atoms with Crippen LogP contribution in [0, 0.1) is 5.82 Å². The zero-order valence-corrected chi connectivity index (χ0v) is 10.4. The maximum Gasteiger partial charge on any atom is 0.407 e. The average Bonchev–Trinajstić information content (AvgIpc) is 2.39. The molecule has 1 amide bonds. The number of nitrogens with zero attached hydrogens (tertiary/aromatic N) is 1. The summed E-state index contributed by atoms with van der Waals surface area (Å²) in [6.45, 7) is 1.56. The van der Waals surface area contributed by atoms with Crippen molar-refractivity contribution in [2.45, 2.75) is 18.9 Å². The number of methoxy groups -OCH3 is 1. The lowest BCUT2D eigenvalue weighted by Crippen LogP contribution is -2.47. The molecule has 98 valence electrons. The van der Waals surface area contributed by atoms with Crippen molar-refractivity contribution in [2.24, 2.45) is 0 Å². The van der Waals surface area contributed by atoms with E-state index in [9.17, 15) is 9.18 Å². The second-order valence-corrected chi connectivity index (χ2v) is 4.40. The lowest BCUT2D eigenvalue weighted by atomic mass is 10.1. The van der Waals surface area contributed by atoms with Crippen molar-refractivity contribution < 1.29 is 13.9 Å². The molecule has 18 heavy (non-hydrogen) atoms. The van der Waals surface area contributed by atoms with Gasteiger partial charge in [0.2, 0.25) is 0 Å². The summed E-state index contributed by atoms with van der Waals surface area (Å²) in [6.07, 6.45) is 1.47. The first-order valence-corrected chi connectivity index (χ1v) is 6.04. The Kier molecular flexibility index (Phi) is 4.02. The van der Waals surface area contributed by atoms with Gasteiger partial charge in [0.15, 0.2) is 0 Å². The highest BCUT2D eigenvalue weighted by Gasteiger charge is 2.21. The first kappa shape index (κ1) is 12.7. The molecule has 1 unspecified atom stereocenters. The van der Waals surface area contributed by atoms with Crippen molar-refractivity contribution in [3.05, 3.63) is 30.1 Å². The number of alkyl carbamates (subject to hydrolysis) is 1. The standard InChI is InChI=1S/C13H17FN2O2/c1-18-13(17)15-11-5-3-7-16(9-11)12-6-2-4-10(14)8-12/h2,4,6,8,11H,3,5,7,9H2,1H3,(H,15,17). The summed E-state index contributed by atoms with van der Waals surface area (Å²) in [5, 5.41) is 2.79. The SMILES string of the molecule is COC(=O)NC1CCCN(c2cccc(F)c2)C1. The Morgan fingerprint density at radius 1 is 1.56 bits per heavy atom. The first-order valence-electron chi connectivity index (χ1n) is 6.04. The van der Waals surface area contributed by atoms with Gasteiger partial charge in [-0.05, 0) is 31.0 Å². The summed E-state index contributed by atoms with van der Waals surface area (Å²) >= 11 is 0. The van der Waals surface area contributed by atoms with Crippen LogP contribution in [-0.2, 0) is 4.74 Å². The smallest absolute Gasteiger partial charge is 0.407 e. The number of hydrogen-bond donors (Lipinski definition) is 1. The Morgan fingerprint density at radius 2 is 2.39 bits per heavy atom. The van der Waals surface area contributed by atoms with Crippen LogP contribution in [0.2, 0.25) is 0 Å². The van der Waals surface area contributed by atoms with E-state index in [1.807, 2.05) is 6.07 Å². The number of nitrogens with one attached hydrogen (secondary N) is 1. The van der Waals surface area contributed by atoms with Gasteiger partial charge in [-0.3, -0.25) is 0 Å². The Labute approximate surface area is 106 Å². The van der Waals surface area contributed by atoms with Crippen LogP contribution in [0.15, 0.2) is 24.3 Å². The van der Waals surface area contributed by atoms with Crippen molar-refractivity contribution in [2.75, 3.05) is 25.1 Å². The highest BCUT2D eigenvalue weighted by molar-refractivity contribution is 5.67. The van der Waals surface area contributed by atoms with Crippen molar-refractivity contribution >= 4 is 11.8 Å². The van der Waals surface area contributed by atoms with Gasteiger partial charge < -0.3 is 15.0 Å². The molecule has 1 saturated heterocycles. The largest absolute Gasteiger partial charge is 0.453 e. The predicted octanol–water partition coefficient (Wildman–Crippen LogP) is 2.15. The third-order valence-electron chi connectivity index (χ3n) is 3.10. The molecule has 1 fully saturated rings. The second-order valence-electron chi connectivity index (χ2n) is 4.40. The molecule has 0 aromatic heterocycles. The molecule has 1 heterocycles. The number of rotatable bonds is 2. The van der Waals surface area contributed by atoms with Crippen molar-refractivity contribution in [1.29, 1.82) is 0 Å². The molecule has 1 atom stereocenters. The van der Waals surface area contributed by atoms with Crippen molar-refractivity contribution in [3.8, 4) is 0 Å². The van der Waals surface area contributed by atoms with Gasteiger partial charge in [0, 0.05) is 24.8 Å². The van der Waals surface area contributed by atoms with Crippen LogP contribution in [-0.4, -0.2) is 32.3 Å². The van der Waals surface area contributed by atoms with E-state index < -0.39 is 6.09 Å². The van der Waals surface area contributed by atoms with Crippen molar-refractivity contribution in [3.63, 3.8) is 0 Å². The van der Waals surface area contributed by atoms with Crippen LogP contribution in [0.3, 0.4) is 0 Å². The molecule has 5 heteroatoms. The van der Waals surface area contributed by atoms with Gasteiger partial charge in [-0.1, -0.05) is 6.07 Å². The molecule has 0 spiro atoms. The molecule has 1 N–H and O–H groups in total. The molecule has 0 bridgehead atoms.